The minimum atomic E-state index is -0.969. The van der Waals surface area contributed by atoms with Crippen LogP contribution < -0.4 is 10.6 Å². The van der Waals surface area contributed by atoms with Gasteiger partial charge in [0.15, 0.2) is 0 Å². The summed E-state index contributed by atoms with van der Waals surface area (Å²) in [5.74, 6) is -2.41. The molecule has 3 N–H and O–H groups in total. The fraction of sp³-hybridized carbons (Fsp3) is 0.417. The van der Waals surface area contributed by atoms with Gasteiger partial charge < -0.3 is 15.7 Å². The van der Waals surface area contributed by atoms with Crippen LogP contribution in [0.5, 0.6) is 0 Å². The Balaban J connectivity index is 1.58. The first-order valence-corrected chi connectivity index (χ1v) is 11.8. The van der Waals surface area contributed by atoms with Crippen molar-refractivity contribution in [2.75, 3.05) is 5.32 Å². The van der Waals surface area contributed by atoms with Crippen LogP contribution in [0.25, 0.3) is 0 Å². The fourth-order valence-corrected chi connectivity index (χ4v) is 5.85. The van der Waals surface area contributed by atoms with E-state index in [4.69, 9.17) is 0 Å². The maximum Gasteiger partial charge on any atom is 0.307 e. The number of aliphatic carboxylic acids is 1. The summed E-state index contributed by atoms with van der Waals surface area (Å²) >= 11 is 1.45. The zero-order chi connectivity index (χ0) is 22.7. The number of aromatic nitrogens is 1. The third-order valence-electron chi connectivity index (χ3n) is 6.24. The molecule has 0 aliphatic heterocycles. The summed E-state index contributed by atoms with van der Waals surface area (Å²) in [5.41, 5.74) is 2.42. The van der Waals surface area contributed by atoms with Gasteiger partial charge in [0.25, 0.3) is 5.91 Å². The monoisotopic (exact) mass is 453 g/mol. The number of carbonyl (C=O) groups excluding carboxylic acids is 2. The number of rotatable bonds is 6. The molecule has 168 valence electrons. The Labute approximate surface area is 190 Å². The molecule has 2 heterocycles. The third-order valence-corrected chi connectivity index (χ3v) is 7.41. The number of pyridine rings is 1. The Morgan fingerprint density at radius 2 is 2.00 bits per heavy atom. The second-order valence-corrected chi connectivity index (χ2v) is 9.69. The van der Waals surface area contributed by atoms with E-state index in [1.165, 1.54) is 11.3 Å². The maximum absolute atomic E-state index is 13.2. The zero-order valence-corrected chi connectivity index (χ0v) is 18.8. The SMILES string of the molecule is C[C@@H]1CCc2c(sc(NC(=O)[C@H]3CC=CC[C@@H]3C(=O)O)c2C(=O)NCc2cccnc2)C1. The molecule has 7 nitrogen and oxygen atoms in total. The topological polar surface area (TPSA) is 108 Å². The summed E-state index contributed by atoms with van der Waals surface area (Å²) in [4.78, 5) is 43.1. The Morgan fingerprint density at radius 3 is 2.72 bits per heavy atom. The first kappa shape index (κ1) is 22.2. The summed E-state index contributed by atoms with van der Waals surface area (Å²) in [6.07, 6.45) is 10.4. The smallest absolute Gasteiger partial charge is 0.307 e. The van der Waals surface area contributed by atoms with Crippen molar-refractivity contribution in [3.05, 3.63) is 58.2 Å². The van der Waals surface area contributed by atoms with E-state index >= 15 is 0 Å². The van der Waals surface area contributed by atoms with Crippen LogP contribution >= 0.6 is 11.3 Å². The largest absolute Gasteiger partial charge is 0.481 e. The summed E-state index contributed by atoms with van der Waals surface area (Å²) in [7, 11) is 0. The Bertz CT molecular complexity index is 1050. The van der Waals surface area contributed by atoms with Crippen molar-refractivity contribution in [3.63, 3.8) is 0 Å². The quantitative estimate of drug-likeness (QED) is 0.577. The molecule has 0 unspecified atom stereocenters. The number of carboxylic acids is 1. The lowest BCUT2D eigenvalue weighted by molar-refractivity contribution is -0.146. The van der Waals surface area contributed by atoms with Gasteiger partial charge in [-0.15, -0.1) is 11.3 Å². The highest BCUT2D eigenvalue weighted by Gasteiger charge is 2.35. The summed E-state index contributed by atoms with van der Waals surface area (Å²) < 4.78 is 0. The molecule has 8 heteroatoms. The number of allylic oxidation sites excluding steroid dienone is 2. The summed E-state index contributed by atoms with van der Waals surface area (Å²) in [6.45, 7) is 2.53. The zero-order valence-electron chi connectivity index (χ0n) is 18.0. The van der Waals surface area contributed by atoms with Gasteiger partial charge in [0.05, 0.1) is 17.4 Å². The number of hydrogen-bond acceptors (Lipinski definition) is 5. The van der Waals surface area contributed by atoms with E-state index in [-0.39, 0.29) is 11.8 Å². The van der Waals surface area contributed by atoms with Crippen LogP contribution in [0, 0.1) is 17.8 Å². The molecule has 2 aliphatic carbocycles. The van der Waals surface area contributed by atoms with Crippen molar-refractivity contribution in [1.29, 1.82) is 0 Å². The second kappa shape index (κ2) is 9.65. The molecule has 0 bridgehead atoms. The lowest BCUT2D eigenvalue weighted by Gasteiger charge is -2.24. The van der Waals surface area contributed by atoms with Crippen LogP contribution in [-0.2, 0) is 29.0 Å². The maximum atomic E-state index is 13.2. The van der Waals surface area contributed by atoms with E-state index < -0.39 is 17.8 Å². The molecular weight excluding hydrogens is 426 g/mol. The van der Waals surface area contributed by atoms with Gasteiger partial charge in [0.2, 0.25) is 5.91 Å². The Kier molecular flexibility index (Phi) is 6.69. The van der Waals surface area contributed by atoms with E-state index in [1.807, 2.05) is 24.3 Å². The van der Waals surface area contributed by atoms with Gasteiger partial charge in [-0.05, 0) is 55.2 Å². The van der Waals surface area contributed by atoms with Gasteiger partial charge in [0, 0.05) is 23.8 Å². The van der Waals surface area contributed by atoms with Crippen molar-refractivity contribution in [1.82, 2.24) is 10.3 Å². The van der Waals surface area contributed by atoms with Crippen molar-refractivity contribution >= 4 is 34.1 Å². The van der Waals surface area contributed by atoms with E-state index in [0.29, 0.717) is 35.9 Å². The Hall–Kier alpha value is -3.00. The number of anilines is 1. The van der Waals surface area contributed by atoms with Crippen LogP contribution in [0.3, 0.4) is 0 Å². The van der Waals surface area contributed by atoms with Gasteiger partial charge in [-0.1, -0.05) is 25.1 Å². The number of hydrogen-bond donors (Lipinski definition) is 3. The molecule has 0 saturated heterocycles. The molecule has 0 saturated carbocycles. The molecule has 0 spiro atoms. The average Bonchev–Trinajstić information content (AvgIpc) is 3.14. The average molecular weight is 454 g/mol. The number of thiophene rings is 1. The third kappa shape index (κ3) is 4.75. The molecule has 0 radical (unpaired) electrons. The number of nitrogens with one attached hydrogen (secondary N) is 2. The molecule has 2 aromatic rings. The lowest BCUT2D eigenvalue weighted by atomic mass is 9.82. The number of nitrogens with zero attached hydrogens (tertiary/aromatic N) is 1. The van der Waals surface area contributed by atoms with E-state index in [2.05, 4.69) is 22.5 Å². The van der Waals surface area contributed by atoms with Crippen LogP contribution in [0.4, 0.5) is 5.00 Å². The summed E-state index contributed by atoms with van der Waals surface area (Å²) in [6, 6.07) is 3.71. The molecule has 2 aromatic heterocycles. The normalized spacial score (nSPS) is 22.1. The van der Waals surface area contributed by atoms with E-state index in [9.17, 15) is 19.5 Å². The number of fused-ring (bicyclic) bond motifs is 1. The van der Waals surface area contributed by atoms with Crippen molar-refractivity contribution in [3.8, 4) is 0 Å². The van der Waals surface area contributed by atoms with Gasteiger partial charge in [-0.3, -0.25) is 19.4 Å². The predicted octanol–water partition coefficient (Wildman–Crippen LogP) is 3.80. The van der Waals surface area contributed by atoms with Crippen molar-refractivity contribution < 1.29 is 19.5 Å². The van der Waals surface area contributed by atoms with E-state index in [0.717, 1.165) is 35.3 Å². The highest BCUT2D eigenvalue weighted by molar-refractivity contribution is 7.17. The van der Waals surface area contributed by atoms with Crippen LogP contribution in [0.15, 0.2) is 36.7 Å². The highest BCUT2D eigenvalue weighted by atomic mass is 32.1. The standard InChI is InChI=1S/C24H27N3O4S/c1-14-8-9-18-19(11-14)32-23(20(18)22(29)26-13-15-5-4-10-25-12-15)27-21(28)16-6-2-3-7-17(16)24(30)31/h2-5,10,12,14,16-17H,6-9,11,13H2,1H3,(H,26,29)(H,27,28)(H,30,31)/t14-,16+,17+/m1/s1. The summed E-state index contributed by atoms with van der Waals surface area (Å²) in [5, 5.41) is 15.9. The predicted molar refractivity (Wildman–Crippen MR) is 123 cm³/mol. The van der Waals surface area contributed by atoms with Crippen molar-refractivity contribution in [2.24, 2.45) is 17.8 Å². The number of carbonyl (C=O) groups is 3. The first-order valence-electron chi connectivity index (χ1n) is 10.9. The van der Waals surface area contributed by atoms with Crippen LogP contribution in [-0.4, -0.2) is 27.9 Å². The fourth-order valence-electron chi connectivity index (χ4n) is 4.43. The molecule has 2 amide bonds. The van der Waals surface area contributed by atoms with Gasteiger partial charge >= 0.3 is 5.97 Å². The Morgan fingerprint density at radius 1 is 1.22 bits per heavy atom. The van der Waals surface area contributed by atoms with Crippen LogP contribution in [0.2, 0.25) is 0 Å². The molecule has 2 aliphatic rings. The minimum absolute atomic E-state index is 0.227. The van der Waals surface area contributed by atoms with Gasteiger partial charge in [-0.2, -0.15) is 0 Å². The number of amides is 2. The second-order valence-electron chi connectivity index (χ2n) is 8.58. The van der Waals surface area contributed by atoms with Crippen LogP contribution in [0.1, 0.15) is 52.5 Å². The highest BCUT2D eigenvalue weighted by Crippen LogP contribution is 2.40. The molecule has 0 fully saturated rings. The molecule has 4 rings (SSSR count). The van der Waals surface area contributed by atoms with Crippen molar-refractivity contribution in [2.45, 2.75) is 45.6 Å². The van der Waals surface area contributed by atoms with Gasteiger partial charge in [0.1, 0.15) is 5.00 Å². The molecule has 0 aromatic carbocycles. The number of carboxylic acid groups (broad SMARTS) is 1. The minimum Gasteiger partial charge on any atom is -0.481 e. The lowest BCUT2D eigenvalue weighted by Crippen LogP contribution is -2.35. The molecule has 3 atom stereocenters. The van der Waals surface area contributed by atoms with Gasteiger partial charge in [-0.25, -0.2) is 0 Å². The first-order chi connectivity index (χ1) is 15.4. The molecular formula is C24H27N3O4S. The molecule has 32 heavy (non-hydrogen) atoms. The van der Waals surface area contributed by atoms with E-state index in [1.54, 1.807) is 12.4 Å².